The van der Waals surface area contributed by atoms with Crippen molar-refractivity contribution in [1.29, 1.82) is 0 Å². The van der Waals surface area contributed by atoms with Crippen molar-refractivity contribution >= 4 is 28.6 Å². The second-order valence-corrected chi connectivity index (χ2v) is 5.65. The third-order valence-corrected chi connectivity index (χ3v) is 4.33. The molecule has 9 heteroatoms. The summed E-state index contributed by atoms with van der Waals surface area (Å²) in [5.41, 5.74) is 0.608. The Labute approximate surface area is 121 Å². The molecule has 102 valence electrons. The third kappa shape index (κ3) is 2.45. The Bertz CT molecular complexity index is 692. The Morgan fingerprint density at radius 1 is 1.40 bits per heavy atom. The first kappa shape index (κ1) is 12.9. The lowest BCUT2D eigenvalue weighted by Gasteiger charge is -2.10. The van der Waals surface area contributed by atoms with Crippen LogP contribution in [0.15, 0.2) is 29.4 Å². The Kier molecular flexibility index (Phi) is 3.52. The molecule has 0 aliphatic carbocycles. The summed E-state index contributed by atoms with van der Waals surface area (Å²) >= 11 is 2.74. The van der Waals surface area contributed by atoms with Gasteiger partial charge in [-0.3, -0.25) is 0 Å². The predicted molar refractivity (Wildman–Crippen MR) is 73.0 cm³/mol. The molecule has 0 aliphatic heterocycles. The molecule has 20 heavy (non-hydrogen) atoms. The number of rotatable bonds is 4. The van der Waals surface area contributed by atoms with Crippen molar-refractivity contribution in [1.82, 2.24) is 25.2 Å². The highest BCUT2D eigenvalue weighted by Gasteiger charge is 2.21. The summed E-state index contributed by atoms with van der Waals surface area (Å²) in [4.78, 5) is 16.8. The average molecular weight is 307 g/mol. The molecule has 3 rings (SSSR count). The quantitative estimate of drug-likeness (QED) is 0.686. The van der Waals surface area contributed by atoms with E-state index in [2.05, 4.69) is 20.5 Å². The first-order valence-electron chi connectivity index (χ1n) is 5.67. The Morgan fingerprint density at radius 2 is 2.30 bits per heavy atom. The zero-order chi connectivity index (χ0) is 13.9. The van der Waals surface area contributed by atoms with Crippen molar-refractivity contribution < 1.29 is 9.53 Å². The number of esters is 1. The molecule has 3 aromatic heterocycles. The van der Waals surface area contributed by atoms with Gasteiger partial charge in [0, 0.05) is 11.6 Å². The van der Waals surface area contributed by atoms with Crippen molar-refractivity contribution in [2.75, 3.05) is 0 Å². The smallest absolute Gasteiger partial charge is 0.351 e. The second-order valence-electron chi connectivity index (χ2n) is 3.81. The maximum absolute atomic E-state index is 12.2. The minimum Gasteiger partial charge on any atom is -0.451 e. The van der Waals surface area contributed by atoms with Crippen molar-refractivity contribution in [3.05, 3.63) is 39.2 Å². The summed E-state index contributed by atoms with van der Waals surface area (Å²) in [6.45, 7) is 1.79. The Morgan fingerprint density at radius 3 is 3.00 bits per heavy atom. The van der Waals surface area contributed by atoms with Gasteiger partial charge >= 0.3 is 5.97 Å². The van der Waals surface area contributed by atoms with Gasteiger partial charge in [-0.25, -0.2) is 9.78 Å². The summed E-state index contributed by atoms with van der Waals surface area (Å²) in [6, 6.07) is 1.77. The van der Waals surface area contributed by atoms with Gasteiger partial charge in [0.05, 0.1) is 5.69 Å². The molecule has 3 aromatic rings. The van der Waals surface area contributed by atoms with Crippen LogP contribution < -0.4 is 0 Å². The average Bonchev–Trinajstić information content (AvgIpc) is 3.19. The molecular formula is C11H9N5O2S2. The number of tetrazole rings is 1. The number of aromatic nitrogens is 5. The van der Waals surface area contributed by atoms with Crippen LogP contribution in [-0.2, 0) is 4.74 Å². The van der Waals surface area contributed by atoms with E-state index in [0.29, 0.717) is 10.6 Å². The number of carbonyl (C=O) groups excluding carboxylic acids is 1. The summed E-state index contributed by atoms with van der Waals surface area (Å²) in [6.07, 6.45) is 2.73. The molecule has 0 spiro atoms. The lowest BCUT2D eigenvalue weighted by molar-refractivity contribution is 0.0343. The van der Waals surface area contributed by atoms with Crippen LogP contribution in [0.4, 0.5) is 0 Å². The van der Waals surface area contributed by atoms with Crippen LogP contribution in [0.3, 0.4) is 0 Å². The van der Waals surface area contributed by atoms with Crippen molar-refractivity contribution in [2.24, 2.45) is 0 Å². The van der Waals surface area contributed by atoms with E-state index >= 15 is 0 Å². The number of thiazole rings is 1. The monoisotopic (exact) mass is 307 g/mol. The van der Waals surface area contributed by atoms with Crippen LogP contribution >= 0.6 is 22.7 Å². The van der Waals surface area contributed by atoms with Crippen molar-refractivity contribution in [3.63, 3.8) is 0 Å². The molecule has 0 fully saturated rings. The van der Waals surface area contributed by atoms with Crippen molar-refractivity contribution in [2.45, 2.75) is 13.0 Å². The largest absolute Gasteiger partial charge is 0.451 e. The minimum absolute atomic E-state index is 0.383. The molecular weight excluding hydrogens is 298 g/mol. The third-order valence-electron chi connectivity index (χ3n) is 2.51. The molecule has 7 nitrogen and oxygen atoms in total. The van der Waals surface area contributed by atoms with Gasteiger partial charge in [-0.05, 0) is 28.8 Å². The highest BCUT2D eigenvalue weighted by molar-refractivity contribution is 7.12. The predicted octanol–water partition coefficient (Wildman–Crippen LogP) is 2.10. The summed E-state index contributed by atoms with van der Waals surface area (Å²) < 4.78 is 6.85. The SMILES string of the molecule is CC(OC(=O)c1sccc1-n1cnnn1)c1nccs1. The van der Waals surface area contributed by atoms with Gasteiger partial charge in [0.1, 0.15) is 16.2 Å². The van der Waals surface area contributed by atoms with E-state index in [0.717, 1.165) is 5.01 Å². The lowest BCUT2D eigenvalue weighted by atomic mass is 10.3. The topological polar surface area (TPSA) is 82.8 Å². The number of hydrogen-bond acceptors (Lipinski definition) is 8. The molecule has 0 bridgehead atoms. The van der Waals surface area contributed by atoms with Crippen LogP contribution in [0.2, 0.25) is 0 Å². The van der Waals surface area contributed by atoms with Gasteiger partial charge in [0.25, 0.3) is 0 Å². The van der Waals surface area contributed by atoms with Crippen LogP contribution in [0.1, 0.15) is 27.7 Å². The van der Waals surface area contributed by atoms with Gasteiger partial charge in [0.15, 0.2) is 6.10 Å². The molecule has 0 N–H and O–H groups in total. The minimum atomic E-state index is -0.409. The number of thiophene rings is 1. The number of carbonyl (C=O) groups is 1. The van der Waals surface area contributed by atoms with Crippen LogP contribution in [0.5, 0.6) is 0 Å². The first-order valence-corrected chi connectivity index (χ1v) is 7.43. The number of nitrogens with zero attached hydrogens (tertiary/aromatic N) is 5. The fourth-order valence-electron chi connectivity index (χ4n) is 1.61. The normalized spacial score (nSPS) is 12.2. The van der Waals surface area contributed by atoms with E-state index < -0.39 is 5.97 Å². The molecule has 0 saturated carbocycles. The molecule has 0 aromatic carbocycles. The fraction of sp³-hybridized carbons (Fsp3) is 0.182. The van der Waals surface area contributed by atoms with Crippen LogP contribution in [0.25, 0.3) is 5.69 Å². The summed E-state index contributed by atoms with van der Waals surface area (Å²) in [5.74, 6) is -0.409. The molecule has 0 saturated heterocycles. The zero-order valence-electron chi connectivity index (χ0n) is 10.3. The van der Waals surface area contributed by atoms with E-state index in [1.807, 2.05) is 5.38 Å². The molecule has 0 aliphatic rings. The van der Waals surface area contributed by atoms with Crippen LogP contribution in [-0.4, -0.2) is 31.2 Å². The zero-order valence-corrected chi connectivity index (χ0v) is 12.0. The van der Waals surface area contributed by atoms with Crippen LogP contribution in [0, 0.1) is 0 Å². The highest BCUT2D eigenvalue weighted by Crippen LogP contribution is 2.25. The van der Waals surface area contributed by atoms with E-state index in [9.17, 15) is 4.79 Å². The molecule has 1 atom stereocenters. The standard InChI is InChI=1S/C11H9N5O2S2/c1-7(10-12-3-5-20-10)18-11(17)9-8(2-4-19-9)16-6-13-14-15-16/h2-7H,1H3. The fourth-order valence-corrected chi connectivity index (χ4v) is 2.99. The van der Waals surface area contributed by atoms with E-state index in [1.165, 1.54) is 33.7 Å². The molecule has 3 heterocycles. The number of ether oxygens (including phenoxy) is 1. The Balaban J connectivity index is 1.80. The molecule has 0 radical (unpaired) electrons. The maximum atomic E-state index is 12.2. The van der Waals surface area contributed by atoms with E-state index in [1.54, 1.807) is 24.6 Å². The lowest BCUT2D eigenvalue weighted by Crippen LogP contribution is -2.10. The van der Waals surface area contributed by atoms with Crippen molar-refractivity contribution in [3.8, 4) is 5.69 Å². The van der Waals surface area contributed by atoms with E-state index in [4.69, 9.17) is 4.74 Å². The number of hydrogen-bond donors (Lipinski definition) is 0. The maximum Gasteiger partial charge on any atom is 0.351 e. The summed E-state index contributed by atoms with van der Waals surface area (Å²) in [7, 11) is 0. The van der Waals surface area contributed by atoms with Gasteiger partial charge in [-0.15, -0.1) is 27.8 Å². The molecule has 1 unspecified atom stereocenters. The highest BCUT2D eigenvalue weighted by atomic mass is 32.1. The summed E-state index contributed by atoms with van der Waals surface area (Å²) in [5, 5.41) is 15.3. The van der Waals surface area contributed by atoms with Gasteiger partial charge in [-0.2, -0.15) is 4.68 Å². The van der Waals surface area contributed by atoms with Gasteiger partial charge in [-0.1, -0.05) is 0 Å². The first-order chi connectivity index (χ1) is 9.75. The van der Waals surface area contributed by atoms with Gasteiger partial charge in [0.2, 0.25) is 0 Å². The van der Waals surface area contributed by atoms with E-state index in [-0.39, 0.29) is 6.10 Å². The Hall–Kier alpha value is -2.13. The molecule has 0 amide bonds. The second kappa shape index (κ2) is 5.47. The van der Waals surface area contributed by atoms with Gasteiger partial charge < -0.3 is 4.74 Å².